The van der Waals surface area contributed by atoms with Gasteiger partial charge in [0.15, 0.2) is 5.76 Å². The maximum absolute atomic E-state index is 13.3. The van der Waals surface area contributed by atoms with E-state index in [1.54, 1.807) is 19.2 Å². The number of ether oxygens (including phenoxy) is 1. The minimum atomic E-state index is -0.418. The van der Waals surface area contributed by atoms with Gasteiger partial charge in [-0.15, -0.1) is 0 Å². The summed E-state index contributed by atoms with van der Waals surface area (Å²) in [5.74, 6) is 0.611. The molecule has 2 aromatic heterocycles. The number of pyridine rings is 1. The van der Waals surface area contributed by atoms with Crippen molar-refractivity contribution < 1.29 is 13.9 Å². The van der Waals surface area contributed by atoms with E-state index in [0.29, 0.717) is 11.6 Å². The molecule has 5 rings (SSSR count). The molecule has 0 aliphatic carbocycles. The molecule has 3 heterocycles. The number of benzene rings is 2. The van der Waals surface area contributed by atoms with Crippen molar-refractivity contribution in [2.24, 2.45) is 5.10 Å². The van der Waals surface area contributed by atoms with Gasteiger partial charge in [-0.2, -0.15) is 5.10 Å². The van der Waals surface area contributed by atoms with Crippen molar-refractivity contribution in [1.29, 1.82) is 0 Å². The molecule has 1 amide bonds. The van der Waals surface area contributed by atoms with Crippen LogP contribution in [-0.2, 0) is 0 Å². The predicted octanol–water partition coefficient (Wildman–Crippen LogP) is 5.79. The van der Waals surface area contributed by atoms with Crippen molar-refractivity contribution in [2.75, 3.05) is 7.11 Å². The quantitative estimate of drug-likeness (QED) is 0.373. The molecule has 1 aliphatic heterocycles. The first-order valence-corrected chi connectivity index (χ1v) is 10.6. The van der Waals surface area contributed by atoms with E-state index < -0.39 is 6.04 Å². The van der Waals surface area contributed by atoms with Crippen LogP contribution in [0.1, 0.15) is 39.7 Å². The zero-order valence-corrected chi connectivity index (χ0v) is 18.3. The largest absolute Gasteiger partial charge is 0.497 e. The monoisotopic (exact) mass is 445 g/mol. The number of carbonyl (C=O) groups excluding carboxylic acids is 1. The summed E-state index contributed by atoms with van der Waals surface area (Å²) in [6.45, 7) is 2.03. The number of furan rings is 1. The van der Waals surface area contributed by atoms with Gasteiger partial charge >= 0.3 is 5.91 Å². The number of aryl methyl sites for hydroxylation is 1. The fraction of sp³-hybridized carbons (Fsp3) is 0.160. The third-order valence-corrected chi connectivity index (χ3v) is 5.87. The highest BCUT2D eigenvalue weighted by molar-refractivity contribution is 6.30. The number of hydrogen-bond donors (Lipinski definition) is 0. The van der Waals surface area contributed by atoms with Crippen LogP contribution in [-0.4, -0.2) is 28.7 Å². The summed E-state index contributed by atoms with van der Waals surface area (Å²) in [5, 5.41) is 7.36. The highest BCUT2D eigenvalue weighted by Crippen LogP contribution is 2.38. The van der Waals surface area contributed by atoms with Crippen molar-refractivity contribution in [3.63, 3.8) is 0 Å². The van der Waals surface area contributed by atoms with Crippen molar-refractivity contribution in [1.82, 2.24) is 9.99 Å². The highest BCUT2D eigenvalue weighted by atomic mass is 35.5. The molecule has 2 aromatic carbocycles. The van der Waals surface area contributed by atoms with Crippen molar-refractivity contribution in [3.05, 3.63) is 94.5 Å². The number of halogens is 1. The lowest BCUT2D eigenvalue weighted by Gasteiger charge is -2.22. The van der Waals surface area contributed by atoms with Crippen LogP contribution in [0.25, 0.3) is 10.9 Å². The van der Waals surface area contributed by atoms with E-state index in [1.807, 2.05) is 49.4 Å². The Hall–Kier alpha value is -3.64. The van der Waals surface area contributed by atoms with Gasteiger partial charge in [0.25, 0.3) is 0 Å². The van der Waals surface area contributed by atoms with E-state index in [9.17, 15) is 4.79 Å². The molecule has 32 heavy (non-hydrogen) atoms. The summed E-state index contributed by atoms with van der Waals surface area (Å²) >= 11 is 6.62. The zero-order chi connectivity index (χ0) is 22.2. The molecule has 0 saturated heterocycles. The van der Waals surface area contributed by atoms with Crippen LogP contribution in [0, 0.1) is 6.92 Å². The van der Waals surface area contributed by atoms with Gasteiger partial charge < -0.3 is 9.15 Å². The van der Waals surface area contributed by atoms with Gasteiger partial charge in [0.05, 0.1) is 30.6 Å². The number of methoxy groups -OCH3 is 1. The normalized spacial score (nSPS) is 15.8. The van der Waals surface area contributed by atoms with Gasteiger partial charge in [0.1, 0.15) is 10.9 Å². The zero-order valence-electron chi connectivity index (χ0n) is 17.6. The van der Waals surface area contributed by atoms with Crippen LogP contribution >= 0.6 is 11.6 Å². The molecule has 1 aliphatic rings. The summed E-state index contributed by atoms with van der Waals surface area (Å²) in [5.41, 5.74) is 4.37. The van der Waals surface area contributed by atoms with Crippen LogP contribution < -0.4 is 4.74 Å². The third-order valence-electron chi connectivity index (χ3n) is 5.56. The molecule has 0 unspecified atom stereocenters. The Balaban J connectivity index is 1.61. The molecule has 7 heteroatoms. The number of aromatic nitrogens is 1. The van der Waals surface area contributed by atoms with Crippen molar-refractivity contribution in [3.8, 4) is 5.75 Å². The number of hydrazone groups is 1. The molecule has 6 nitrogen and oxygen atoms in total. The Morgan fingerprint density at radius 3 is 2.78 bits per heavy atom. The summed E-state index contributed by atoms with van der Waals surface area (Å²) in [7, 11) is 1.62. The molecule has 1 atom stereocenters. The van der Waals surface area contributed by atoms with Crippen molar-refractivity contribution >= 4 is 34.1 Å². The molecule has 4 aromatic rings. The second kappa shape index (κ2) is 8.13. The van der Waals surface area contributed by atoms with Crippen LogP contribution in [0.15, 0.2) is 76.4 Å². The maximum Gasteiger partial charge on any atom is 0.310 e. The molecule has 160 valence electrons. The number of fused-ring (bicyclic) bond motifs is 1. The average molecular weight is 446 g/mol. The topological polar surface area (TPSA) is 67.9 Å². The number of rotatable bonds is 4. The summed E-state index contributed by atoms with van der Waals surface area (Å²) < 4.78 is 10.7. The molecule has 0 N–H and O–H groups in total. The van der Waals surface area contributed by atoms with E-state index >= 15 is 0 Å². The van der Waals surface area contributed by atoms with Gasteiger partial charge in [-0.25, -0.2) is 9.99 Å². The first kappa shape index (κ1) is 20.3. The smallest absolute Gasteiger partial charge is 0.310 e. The summed E-state index contributed by atoms with van der Waals surface area (Å²) in [6, 6.07) is 18.5. The lowest BCUT2D eigenvalue weighted by molar-refractivity contribution is 0.0678. The standard InChI is InChI=1S/C25H20ClN3O3/c1-15-5-3-6-16(11-15)21-14-22(29(28-21)25(30)23-7-4-10-32-23)19-13-17-12-18(31-2)8-9-20(17)27-24(19)26/h3-13,22H,14H2,1-2H3/t22-/m0/s1. The lowest BCUT2D eigenvalue weighted by atomic mass is 9.97. The Morgan fingerprint density at radius 1 is 1.16 bits per heavy atom. The van der Waals surface area contributed by atoms with E-state index in [1.165, 1.54) is 11.3 Å². The van der Waals surface area contributed by atoms with Crippen LogP contribution in [0.3, 0.4) is 0 Å². The Kier molecular flexibility index (Phi) is 5.15. The molecule has 0 fully saturated rings. The summed E-state index contributed by atoms with van der Waals surface area (Å²) in [4.78, 5) is 17.8. The van der Waals surface area contributed by atoms with Gasteiger partial charge in [0, 0.05) is 17.4 Å². The van der Waals surface area contributed by atoms with E-state index in [2.05, 4.69) is 11.1 Å². The Bertz CT molecular complexity index is 1350. The fourth-order valence-corrected chi connectivity index (χ4v) is 4.23. The van der Waals surface area contributed by atoms with E-state index in [0.717, 1.165) is 39.1 Å². The van der Waals surface area contributed by atoms with E-state index in [4.69, 9.17) is 25.9 Å². The summed E-state index contributed by atoms with van der Waals surface area (Å²) in [6.07, 6.45) is 1.98. The van der Waals surface area contributed by atoms with Gasteiger partial charge in [0.2, 0.25) is 0 Å². The molecular weight excluding hydrogens is 426 g/mol. The van der Waals surface area contributed by atoms with Gasteiger partial charge in [-0.1, -0.05) is 41.4 Å². The molecule has 0 saturated carbocycles. The predicted molar refractivity (Wildman–Crippen MR) is 123 cm³/mol. The second-order valence-electron chi connectivity index (χ2n) is 7.69. The number of amides is 1. The number of carbonyl (C=O) groups is 1. The Morgan fingerprint density at radius 2 is 2.03 bits per heavy atom. The number of nitrogens with zero attached hydrogens (tertiary/aromatic N) is 3. The van der Waals surface area contributed by atoms with E-state index in [-0.39, 0.29) is 11.7 Å². The number of hydrogen-bond acceptors (Lipinski definition) is 5. The van der Waals surface area contributed by atoms with Crippen LogP contribution in [0.2, 0.25) is 5.15 Å². The van der Waals surface area contributed by atoms with Gasteiger partial charge in [-0.05, 0) is 48.9 Å². The molecule has 0 radical (unpaired) electrons. The third kappa shape index (κ3) is 3.63. The second-order valence-corrected chi connectivity index (χ2v) is 8.05. The minimum Gasteiger partial charge on any atom is -0.497 e. The first-order valence-electron chi connectivity index (χ1n) is 10.2. The average Bonchev–Trinajstić information content (AvgIpc) is 3.48. The highest BCUT2D eigenvalue weighted by Gasteiger charge is 2.36. The molecule has 0 bridgehead atoms. The maximum atomic E-state index is 13.3. The fourth-order valence-electron chi connectivity index (χ4n) is 3.96. The Labute approximate surface area is 190 Å². The molecule has 0 spiro atoms. The van der Waals surface area contributed by atoms with Crippen LogP contribution in [0.4, 0.5) is 0 Å². The SMILES string of the molecule is COc1ccc2nc(Cl)c([C@@H]3CC(c4cccc(C)c4)=NN3C(=O)c3ccco3)cc2c1. The van der Waals surface area contributed by atoms with Gasteiger partial charge in [-0.3, -0.25) is 4.79 Å². The lowest BCUT2D eigenvalue weighted by Crippen LogP contribution is -2.27. The first-order chi connectivity index (χ1) is 15.5. The van der Waals surface area contributed by atoms with Crippen LogP contribution in [0.5, 0.6) is 5.75 Å². The van der Waals surface area contributed by atoms with Crippen molar-refractivity contribution in [2.45, 2.75) is 19.4 Å². The minimum absolute atomic E-state index is 0.218. The molecular formula is C25H20ClN3O3.